The summed E-state index contributed by atoms with van der Waals surface area (Å²) >= 11 is 0. The third-order valence-corrected chi connectivity index (χ3v) is 2.80. The van der Waals surface area contributed by atoms with Gasteiger partial charge in [0.2, 0.25) is 0 Å². The molecule has 0 aliphatic rings. The quantitative estimate of drug-likeness (QED) is 0.947. The molecule has 2 rings (SSSR count). The third-order valence-electron chi connectivity index (χ3n) is 2.80. The molecule has 8 heteroatoms. The molecule has 0 atom stereocenters. The van der Waals surface area contributed by atoms with Crippen LogP contribution in [0.1, 0.15) is 10.6 Å². The first-order valence-corrected chi connectivity index (χ1v) is 6.09. The molecule has 0 spiro atoms. The minimum absolute atomic E-state index is 0.0540. The molecule has 0 bridgehead atoms. The molecule has 2 aromatic rings. The van der Waals surface area contributed by atoms with Gasteiger partial charge in [-0.05, 0) is 36.4 Å². The maximum absolute atomic E-state index is 12.3. The van der Waals surface area contributed by atoms with Crippen LogP contribution in [0.2, 0.25) is 0 Å². The van der Waals surface area contributed by atoms with Crippen LogP contribution < -0.4 is 10.2 Å². The number of alkyl halides is 3. The summed E-state index contributed by atoms with van der Waals surface area (Å²) in [7, 11) is 1.02. The average molecular weight is 312 g/mol. The number of amides is 2. The number of anilines is 2. The number of hydrogen-bond donors (Lipinski definition) is 1. The summed E-state index contributed by atoms with van der Waals surface area (Å²) in [6.45, 7) is 0. The topological polar surface area (TPSA) is 62.6 Å². The maximum atomic E-state index is 12.3. The van der Waals surface area contributed by atoms with Crippen LogP contribution >= 0.6 is 0 Å². The van der Waals surface area contributed by atoms with Crippen molar-refractivity contribution in [3.63, 3.8) is 0 Å². The van der Waals surface area contributed by atoms with Gasteiger partial charge in [-0.2, -0.15) is 13.2 Å². The second-order valence-electron chi connectivity index (χ2n) is 4.34. The van der Waals surface area contributed by atoms with Gasteiger partial charge in [-0.1, -0.05) is 0 Å². The van der Waals surface area contributed by atoms with Crippen molar-refractivity contribution >= 4 is 23.2 Å². The maximum Gasteiger partial charge on any atom is 0.471 e. The van der Waals surface area contributed by atoms with Crippen molar-refractivity contribution in [1.29, 1.82) is 0 Å². The van der Waals surface area contributed by atoms with E-state index in [1.807, 2.05) is 0 Å². The summed E-state index contributed by atoms with van der Waals surface area (Å²) in [6.07, 6.45) is -3.60. The van der Waals surface area contributed by atoms with Crippen LogP contribution in [0, 0.1) is 0 Å². The molecule has 0 saturated heterocycles. The molecule has 0 aliphatic carbocycles. The van der Waals surface area contributed by atoms with E-state index >= 15 is 0 Å². The first-order valence-electron chi connectivity index (χ1n) is 6.09. The smallest absolute Gasteiger partial charge is 0.459 e. The van der Waals surface area contributed by atoms with Crippen LogP contribution in [0.25, 0.3) is 0 Å². The zero-order valence-electron chi connectivity index (χ0n) is 11.3. The predicted octanol–water partition coefficient (Wildman–Crippen LogP) is 3.06. The van der Waals surface area contributed by atoms with E-state index in [2.05, 4.69) is 5.32 Å². The number of benzene rings is 1. The molecule has 22 heavy (non-hydrogen) atoms. The Bertz CT molecular complexity index is 664. The Morgan fingerprint density at radius 3 is 2.27 bits per heavy atom. The zero-order chi connectivity index (χ0) is 16.3. The Morgan fingerprint density at radius 1 is 1.14 bits per heavy atom. The van der Waals surface area contributed by atoms with Gasteiger partial charge in [0.1, 0.15) is 0 Å². The lowest BCUT2D eigenvalue weighted by Crippen LogP contribution is -2.38. The summed E-state index contributed by atoms with van der Waals surface area (Å²) in [5.74, 6) is -2.36. The summed E-state index contributed by atoms with van der Waals surface area (Å²) < 4.78 is 41.9. The Labute approximate surface area is 123 Å². The number of nitrogens with zero attached hydrogens (tertiary/aromatic N) is 1. The van der Waals surface area contributed by atoms with E-state index in [9.17, 15) is 22.8 Å². The van der Waals surface area contributed by atoms with Crippen molar-refractivity contribution in [3.8, 4) is 0 Å². The van der Waals surface area contributed by atoms with Crippen molar-refractivity contribution in [2.24, 2.45) is 0 Å². The highest BCUT2D eigenvalue weighted by atomic mass is 19.4. The highest BCUT2D eigenvalue weighted by Gasteiger charge is 2.41. The van der Waals surface area contributed by atoms with E-state index in [-0.39, 0.29) is 11.4 Å². The van der Waals surface area contributed by atoms with E-state index in [4.69, 9.17) is 4.42 Å². The molecule has 1 aromatic carbocycles. The van der Waals surface area contributed by atoms with E-state index in [0.29, 0.717) is 10.6 Å². The predicted molar refractivity (Wildman–Crippen MR) is 72.6 cm³/mol. The molecular formula is C14H11F3N2O3. The second-order valence-corrected chi connectivity index (χ2v) is 4.34. The molecule has 1 N–H and O–H groups in total. The van der Waals surface area contributed by atoms with Crippen molar-refractivity contribution < 1.29 is 27.2 Å². The van der Waals surface area contributed by atoms with Crippen LogP contribution in [0.15, 0.2) is 47.1 Å². The fraction of sp³-hybridized carbons (Fsp3) is 0.143. The third kappa shape index (κ3) is 3.46. The molecule has 0 aliphatic heterocycles. The van der Waals surface area contributed by atoms with Crippen LogP contribution in [0.4, 0.5) is 24.5 Å². The summed E-state index contributed by atoms with van der Waals surface area (Å²) in [5, 5.41) is 2.51. The molecule has 0 fully saturated rings. The Balaban J connectivity index is 2.07. The number of hydrogen-bond acceptors (Lipinski definition) is 3. The summed E-state index contributed by atoms with van der Waals surface area (Å²) in [4.78, 5) is 23.3. The Hall–Kier alpha value is -2.77. The van der Waals surface area contributed by atoms with E-state index in [1.54, 1.807) is 6.07 Å². The van der Waals surface area contributed by atoms with Gasteiger partial charge in [-0.25, -0.2) is 0 Å². The van der Waals surface area contributed by atoms with Crippen molar-refractivity contribution in [2.75, 3.05) is 17.3 Å². The van der Waals surface area contributed by atoms with E-state index in [1.165, 1.54) is 36.6 Å². The van der Waals surface area contributed by atoms with Crippen molar-refractivity contribution in [3.05, 3.63) is 48.4 Å². The van der Waals surface area contributed by atoms with Crippen molar-refractivity contribution in [1.82, 2.24) is 0 Å². The minimum atomic E-state index is -4.94. The Morgan fingerprint density at radius 2 is 1.77 bits per heavy atom. The number of carbonyl (C=O) groups excluding carboxylic acids is 2. The lowest BCUT2D eigenvalue weighted by Gasteiger charge is -2.19. The van der Waals surface area contributed by atoms with Gasteiger partial charge < -0.3 is 14.6 Å². The molecule has 0 radical (unpaired) electrons. The van der Waals surface area contributed by atoms with Gasteiger partial charge in [-0.15, -0.1) is 0 Å². The average Bonchev–Trinajstić information content (AvgIpc) is 3.00. The van der Waals surface area contributed by atoms with Gasteiger partial charge in [0.15, 0.2) is 5.76 Å². The van der Waals surface area contributed by atoms with E-state index in [0.717, 1.165) is 7.05 Å². The lowest BCUT2D eigenvalue weighted by atomic mass is 10.2. The highest BCUT2D eigenvalue weighted by Crippen LogP contribution is 2.23. The van der Waals surface area contributed by atoms with E-state index < -0.39 is 18.0 Å². The highest BCUT2D eigenvalue weighted by molar-refractivity contribution is 6.02. The molecular weight excluding hydrogens is 301 g/mol. The number of nitrogens with one attached hydrogen (secondary N) is 1. The van der Waals surface area contributed by atoms with Gasteiger partial charge in [0.05, 0.1) is 6.26 Å². The van der Waals surface area contributed by atoms with Gasteiger partial charge in [0, 0.05) is 18.4 Å². The monoisotopic (exact) mass is 312 g/mol. The zero-order valence-corrected chi connectivity index (χ0v) is 11.3. The van der Waals surface area contributed by atoms with Crippen LogP contribution in [-0.4, -0.2) is 25.0 Å². The minimum Gasteiger partial charge on any atom is -0.459 e. The first-order chi connectivity index (χ1) is 10.3. The number of carbonyl (C=O) groups is 2. The fourth-order valence-corrected chi connectivity index (χ4v) is 1.68. The number of rotatable bonds is 3. The molecule has 2 amide bonds. The standard InChI is InChI=1S/C14H11F3N2O3/c1-19(13(21)14(15,16)17)10-6-4-9(5-7-10)18-12(20)11-3-2-8-22-11/h2-8H,1H3,(H,18,20). The normalized spacial score (nSPS) is 11.1. The Kier molecular flexibility index (Phi) is 4.20. The largest absolute Gasteiger partial charge is 0.471 e. The number of halogens is 3. The van der Waals surface area contributed by atoms with Gasteiger partial charge in [-0.3, -0.25) is 9.59 Å². The molecule has 1 aromatic heterocycles. The molecule has 0 saturated carbocycles. The lowest BCUT2D eigenvalue weighted by molar-refractivity contribution is -0.170. The van der Waals surface area contributed by atoms with Crippen LogP contribution in [0.5, 0.6) is 0 Å². The molecule has 116 valence electrons. The number of furan rings is 1. The van der Waals surface area contributed by atoms with Gasteiger partial charge in [0.25, 0.3) is 5.91 Å². The summed E-state index contributed by atoms with van der Waals surface area (Å²) in [6, 6.07) is 8.38. The van der Waals surface area contributed by atoms with Crippen molar-refractivity contribution in [2.45, 2.75) is 6.18 Å². The molecule has 5 nitrogen and oxygen atoms in total. The summed E-state index contributed by atoms with van der Waals surface area (Å²) in [5.41, 5.74) is 0.413. The van der Waals surface area contributed by atoms with Crippen LogP contribution in [-0.2, 0) is 4.79 Å². The first kappa shape index (κ1) is 15.6. The second kappa shape index (κ2) is 5.92. The fourth-order valence-electron chi connectivity index (χ4n) is 1.68. The molecule has 1 heterocycles. The SMILES string of the molecule is CN(C(=O)C(F)(F)F)c1ccc(NC(=O)c2ccco2)cc1. The molecule has 0 unspecified atom stereocenters. The van der Waals surface area contributed by atoms with Gasteiger partial charge >= 0.3 is 12.1 Å². The van der Waals surface area contributed by atoms with Crippen LogP contribution in [0.3, 0.4) is 0 Å².